The van der Waals surface area contributed by atoms with Crippen molar-refractivity contribution in [3.05, 3.63) is 47.4 Å². The number of carbonyl (C=O) groups is 1. The third-order valence-electron chi connectivity index (χ3n) is 3.06. The highest BCUT2D eigenvalue weighted by Gasteiger charge is 2.05. The summed E-state index contributed by atoms with van der Waals surface area (Å²) < 4.78 is 0. The molecule has 0 saturated carbocycles. The first kappa shape index (κ1) is 15.0. The van der Waals surface area contributed by atoms with Crippen molar-refractivity contribution in [2.75, 3.05) is 5.32 Å². The average Bonchev–Trinajstić information content (AvgIpc) is 2.45. The monoisotopic (exact) mass is 285 g/mol. The lowest BCUT2D eigenvalue weighted by Crippen LogP contribution is -2.02. The molecule has 0 amide bonds. The van der Waals surface area contributed by atoms with E-state index >= 15 is 0 Å². The van der Waals surface area contributed by atoms with Crippen molar-refractivity contribution in [3.63, 3.8) is 0 Å². The van der Waals surface area contributed by atoms with Crippen LogP contribution in [-0.4, -0.2) is 21.0 Å². The highest BCUT2D eigenvalue weighted by atomic mass is 16.4. The van der Waals surface area contributed by atoms with Gasteiger partial charge in [0.1, 0.15) is 11.6 Å². The Morgan fingerprint density at radius 2 is 1.95 bits per heavy atom. The van der Waals surface area contributed by atoms with E-state index in [0.717, 1.165) is 42.3 Å². The number of unbranched alkanes of at least 4 members (excludes halogenated alkanes) is 1. The van der Waals surface area contributed by atoms with E-state index in [1.54, 1.807) is 24.3 Å². The molecule has 1 aromatic carbocycles. The molecule has 5 nitrogen and oxygen atoms in total. The highest BCUT2D eigenvalue weighted by molar-refractivity contribution is 5.88. The minimum Gasteiger partial charge on any atom is -0.478 e. The Balaban J connectivity index is 2.14. The van der Waals surface area contributed by atoms with Crippen LogP contribution in [0.15, 0.2) is 30.3 Å². The third-order valence-corrected chi connectivity index (χ3v) is 3.06. The van der Waals surface area contributed by atoms with Crippen LogP contribution < -0.4 is 5.32 Å². The Hall–Kier alpha value is -2.43. The number of carboxylic acids is 1. The van der Waals surface area contributed by atoms with Crippen molar-refractivity contribution in [1.29, 1.82) is 0 Å². The lowest BCUT2D eigenvalue weighted by Gasteiger charge is -2.08. The number of carboxylic acid groups (broad SMARTS) is 1. The standard InChI is InChI=1S/C16H19N3O2/c1-3-4-5-14-17-11(2)10-15(19-14)18-13-8-6-12(7-9-13)16(20)21/h6-10H,3-5H2,1-2H3,(H,20,21)(H,17,18,19). The van der Waals surface area contributed by atoms with Gasteiger partial charge in [-0.1, -0.05) is 13.3 Å². The zero-order valence-electron chi connectivity index (χ0n) is 12.3. The van der Waals surface area contributed by atoms with Gasteiger partial charge in [0.25, 0.3) is 0 Å². The molecule has 0 atom stereocenters. The first-order valence-electron chi connectivity index (χ1n) is 7.03. The molecule has 0 saturated heterocycles. The topological polar surface area (TPSA) is 75.1 Å². The summed E-state index contributed by atoms with van der Waals surface area (Å²) >= 11 is 0. The van der Waals surface area contributed by atoms with E-state index in [9.17, 15) is 4.79 Å². The van der Waals surface area contributed by atoms with Crippen LogP contribution in [0.2, 0.25) is 0 Å². The van der Waals surface area contributed by atoms with E-state index in [4.69, 9.17) is 5.11 Å². The number of rotatable bonds is 6. The van der Waals surface area contributed by atoms with Gasteiger partial charge in [0, 0.05) is 23.9 Å². The zero-order valence-corrected chi connectivity index (χ0v) is 12.3. The molecule has 0 aliphatic carbocycles. The maximum absolute atomic E-state index is 10.8. The highest BCUT2D eigenvalue weighted by Crippen LogP contribution is 2.17. The Morgan fingerprint density at radius 3 is 2.57 bits per heavy atom. The van der Waals surface area contributed by atoms with Gasteiger partial charge in [-0.3, -0.25) is 0 Å². The number of benzene rings is 1. The smallest absolute Gasteiger partial charge is 0.335 e. The molecule has 110 valence electrons. The predicted molar refractivity (Wildman–Crippen MR) is 82.1 cm³/mol. The fourth-order valence-electron chi connectivity index (χ4n) is 1.98. The number of hydrogen-bond acceptors (Lipinski definition) is 4. The van der Waals surface area contributed by atoms with Crippen molar-refractivity contribution in [2.24, 2.45) is 0 Å². The van der Waals surface area contributed by atoms with E-state index in [0.29, 0.717) is 0 Å². The second kappa shape index (κ2) is 6.83. The summed E-state index contributed by atoms with van der Waals surface area (Å²) in [5.41, 5.74) is 1.99. The number of nitrogens with zero attached hydrogens (tertiary/aromatic N) is 2. The summed E-state index contributed by atoms with van der Waals surface area (Å²) in [7, 11) is 0. The van der Waals surface area contributed by atoms with Gasteiger partial charge in [-0.2, -0.15) is 0 Å². The van der Waals surface area contributed by atoms with Crippen molar-refractivity contribution >= 4 is 17.5 Å². The van der Waals surface area contributed by atoms with Crippen molar-refractivity contribution in [3.8, 4) is 0 Å². The number of aryl methyl sites for hydroxylation is 2. The Morgan fingerprint density at radius 1 is 1.24 bits per heavy atom. The molecule has 2 rings (SSSR count). The first-order chi connectivity index (χ1) is 10.1. The minimum atomic E-state index is -0.929. The number of hydrogen-bond donors (Lipinski definition) is 2. The van der Waals surface area contributed by atoms with E-state index in [1.807, 2.05) is 13.0 Å². The van der Waals surface area contributed by atoms with Crippen LogP contribution in [0.4, 0.5) is 11.5 Å². The van der Waals surface area contributed by atoms with Crippen molar-refractivity contribution in [2.45, 2.75) is 33.1 Å². The Kier molecular flexibility index (Phi) is 4.87. The van der Waals surface area contributed by atoms with E-state index in [-0.39, 0.29) is 5.56 Å². The first-order valence-corrected chi connectivity index (χ1v) is 7.03. The largest absolute Gasteiger partial charge is 0.478 e. The third kappa shape index (κ3) is 4.27. The molecule has 0 unspecified atom stereocenters. The molecule has 0 spiro atoms. The van der Waals surface area contributed by atoms with Crippen LogP contribution in [-0.2, 0) is 6.42 Å². The number of aromatic carboxylic acids is 1. The van der Waals surface area contributed by atoms with Gasteiger partial charge in [-0.15, -0.1) is 0 Å². The summed E-state index contributed by atoms with van der Waals surface area (Å²) in [6.45, 7) is 4.08. The molecule has 0 bridgehead atoms. The predicted octanol–water partition coefficient (Wildman–Crippen LogP) is 3.57. The second-order valence-corrected chi connectivity index (χ2v) is 4.92. The second-order valence-electron chi connectivity index (χ2n) is 4.92. The lowest BCUT2D eigenvalue weighted by molar-refractivity contribution is 0.0697. The summed E-state index contributed by atoms with van der Waals surface area (Å²) in [4.78, 5) is 19.7. The van der Waals surface area contributed by atoms with Crippen LogP contribution >= 0.6 is 0 Å². The molecule has 0 aliphatic rings. The van der Waals surface area contributed by atoms with Gasteiger partial charge in [0.2, 0.25) is 0 Å². The summed E-state index contributed by atoms with van der Waals surface area (Å²) in [6.07, 6.45) is 3.04. The molecule has 1 aromatic heterocycles. The molecule has 0 radical (unpaired) electrons. The molecule has 2 N–H and O–H groups in total. The van der Waals surface area contributed by atoms with Crippen LogP contribution in [0, 0.1) is 6.92 Å². The summed E-state index contributed by atoms with van der Waals surface area (Å²) in [6, 6.07) is 8.47. The van der Waals surface area contributed by atoms with Crippen LogP contribution in [0.3, 0.4) is 0 Å². The van der Waals surface area contributed by atoms with Crippen molar-refractivity contribution < 1.29 is 9.90 Å². The number of nitrogens with one attached hydrogen (secondary N) is 1. The number of anilines is 2. The average molecular weight is 285 g/mol. The molecule has 21 heavy (non-hydrogen) atoms. The van der Waals surface area contributed by atoms with Crippen LogP contribution in [0.1, 0.15) is 41.6 Å². The van der Waals surface area contributed by atoms with Gasteiger partial charge < -0.3 is 10.4 Å². The molecule has 5 heteroatoms. The van der Waals surface area contributed by atoms with Gasteiger partial charge in [-0.05, 0) is 37.6 Å². The summed E-state index contributed by atoms with van der Waals surface area (Å²) in [5, 5.41) is 12.1. The summed E-state index contributed by atoms with van der Waals surface area (Å²) in [5.74, 6) is 0.638. The fourth-order valence-corrected chi connectivity index (χ4v) is 1.98. The molecule has 2 aromatic rings. The van der Waals surface area contributed by atoms with Crippen LogP contribution in [0.5, 0.6) is 0 Å². The van der Waals surface area contributed by atoms with Gasteiger partial charge in [-0.25, -0.2) is 14.8 Å². The van der Waals surface area contributed by atoms with E-state index in [1.165, 1.54) is 0 Å². The minimum absolute atomic E-state index is 0.267. The van der Waals surface area contributed by atoms with E-state index in [2.05, 4.69) is 22.2 Å². The quantitative estimate of drug-likeness (QED) is 0.848. The van der Waals surface area contributed by atoms with E-state index < -0.39 is 5.97 Å². The molecular formula is C16H19N3O2. The van der Waals surface area contributed by atoms with Gasteiger partial charge in [0.05, 0.1) is 5.56 Å². The van der Waals surface area contributed by atoms with Gasteiger partial charge >= 0.3 is 5.97 Å². The molecule has 0 fully saturated rings. The maximum atomic E-state index is 10.8. The molecule has 1 heterocycles. The lowest BCUT2D eigenvalue weighted by atomic mass is 10.2. The fraction of sp³-hybridized carbons (Fsp3) is 0.312. The van der Waals surface area contributed by atoms with Crippen molar-refractivity contribution in [1.82, 2.24) is 9.97 Å². The Labute approximate surface area is 124 Å². The van der Waals surface area contributed by atoms with Crippen LogP contribution in [0.25, 0.3) is 0 Å². The SMILES string of the molecule is CCCCc1nc(C)cc(Nc2ccc(C(=O)O)cc2)n1. The zero-order chi connectivity index (χ0) is 15.2. The Bertz CT molecular complexity index is 624. The number of aromatic nitrogens is 2. The molecular weight excluding hydrogens is 266 g/mol. The normalized spacial score (nSPS) is 10.4. The van der Waals surface area contributed by atoms with Gasteiger partial charge in [0.15, 0.2) is 0 Å². The molecule has 0 aliphatic heterocycles. The maximum Gasteiger partial charge on any atom is 0.335 e.